The molecule has 4 rings (SSSR count). The van der Waals surface area contributed by atoms with Gasteiger partial charge in [0.15, 0.2) is 0 Å². The number of pyridine rings is 1. The van der Waals surface area contributed by atoms with Gasteiger partial charge in [-0.3, -0.25) is 0 Å². The van der Waals surface area contributed by atoms with E-state index in [2.05, 4.69) is 25.9 Å². The molecule has 4 aromatic rings. The third kappa shape index (κ3) is 2.54. The molecule has 0 atom stereocenters. The van der Waals surface area contributed by atoms with E-state index in [4.69, 9.17) is 21.3 Å². The molecule has 0 amide bonds. The molecule has 0 radical (unpaired) electrons. The Kier molecular flexibility index (Phi) is 3.90. The zero-order chi connectivity index (χ0) is 16.7. The van der Waals surface area contributed by atoms with Crippen molar-refractivity contribution in [3.8, 4) is 17.3 Å². The first-order valence-electron chi connectivity index (χ1n) is 7.54. The monoisotopic (exact) mass is 401 g/mol. The molecule has 0 aliphatic rings. The molecule has 120 valence electrons. The fraction of sp³-hybridized carbons (Fsp3) is 0.111. The van der Waals surface area contributed by atoms with Crippen LogP contribution in [0.5, 0.6) is 5.88 Å². The topological polar surface area (TPSA) is 50.8 Å². The Morgan fingerprint density at radius 1 is 1.17 bits per heavy atom. The summed E-state index contributed by atoms with van der Waals surface area (Å²) >= 11 is 9.80. The van der Waals surface area contributed by atoms with Crippen LogP contribution in [0.1, 0.15) is 6.92 Å². The average Bonchev–Trinajstić information content (AvgIpc) is 3.00. The van der Waals surface area contributed by atoms with Crippen molar-refractivity contribution >= 4 is 49.5 Å². The number of ether oxygens (including phenoxy) is 1. The van der Waals surface area contributed by atoms with E-state index in [9.17, 15) is 0 Å². The second-order valence-electron chi connectivity index (χ2n) is 5.30. The number of benzene rings is 2. The van der Waals surface area contributed by atoms with E-state index in [1.807, 2.05) is 49.4 Å². The highest BCUT2D eigenvalue weighted by atomic mass is 79.9. The summed E-state index contributed by atoms with van der Waals surface area (Å²) in [6.45, 7) is 2.46. The van der Waals surface area contributed by atoms with E-state index in [0.717, 1.165) is 32.0 Å². The van der Waals surface area contributed by atoms with Crippen LogP contribution in [0.2, 0.25) is 5.02 Å². The minimum atomic E-state index is 0.530. The lowest BCUT2D eigenvalue weighted by atomic mass is 10.2. The van der Waals surface area contributed by atoms with Gasteiger partial charge < -0.3 is 9.72 Å². The number of fused-ring (bicyclic) bond motifs is 3. The summed E-state index contributed by atoms with van der Waals surface area (Å²) in [5, 5.41) is 1.61. The Labute approximate surface area is 152 Å². The van der Waals surface area contributed by atoms with Crippen molar-refractivity contribution in [2.75, 3.05) is 6.61 Å². The smallest absolute Gasteiger partial charge is 0.240 e. The lowest BCUT2D eigenvalue weighted by molar-refractivity contribution is 0.332. The molecule has 1 N–H and O–H groups in total. The summed E-state index contributed by atoms with van der Waals surface area (Å²) in [4.78, 5) is 12.7. The van der Waals surface area contributed by atoms with E-state index in [0.29, 0.717) is 23.3 Å². The number of aromatic amines is 1. The van der Waals surface area contributed by atoms with E-state index in [1.165, 1.54) is 0 Å². The van der Waals surface area contributed by atoms with E-state index in [1.54, 1.807) is 0 Å². The number of H-pyrrole nitrogens is 1. The zero-order valence-electron chi connectivity index (χ0n) is 12.8. The van der Waals surface area contributed by atoms with Gasteiger partial charge in [-0.2, -0.15) is 0 Å². The quantitative estimate of drug-likeness (QED) is 0.486. The van der Waals surface area contributed by atoms with E-state index >= 15 is 0 Å². The molecule has 0 unspecified atom stereocenters. The Hall–Kier alpha value is -2.11. The molecule has 0 aliphatic heterocycles. The second-order valence-corrected chi connectivity index (χ2v) is 6.62. The van der Waals surface area contributed by atoms with Crippen LogP contribution in [0.25, 0.3) is 33.3 Å². The van der Waals surface area contributed by atoms with Crippen LogP contribution in [-0.4, -0.2) is 21.6 Å². The van der Waals surface area contributed by atoms with Gasteiger partial charge in [0.05, 0.1) is 17.1 Å². The number of aromatic nitrogens is 3. The van der Waals surface area contributed by atoms with Crippen molar-refractivity contribution in [3.05, 3.63) is 52.0 Å². The Bertz CT molecular complexity index is 1060. The molecule has 24 heavy (non-hydrogen) atoms. The van der Waals surface area contributed by atoms with Crippen molar-refractivity contribution in [2.45, 2.75) is 6.92 Å². The van der Waals surface area contributed by atoms with Gasteiger partial charge in [-0.1, -0.05) is 39.7 Å². The fourth-order valence-corrected chi connectivity index (χ4v) is 3.28. The summed E-state index contributed by atoms with van der Waals surface area (Å²) in [6.07, 6.45) is 0. The Balaban J connectivity index is 2.05. The first-order valence-corrected chi connectivity index (χ1v) is 8.71. The van der Waals surface area contributed by atoms with Crippen LogP contribution >= 0.6 is 27.5 Å². The SMILES string of the molecule is CCOc1nc2cc(Br)ccc2c2nc(-c3ccccc3Cl)[nH]c12. The highest BCUT2D eigenvalue weighted by Crippen LogP contribution is 2.34. The summed E-state index contributed by atoms with van der Waals surface area (Å²) in [5.74, 6) is 1.25. The zero-order valence-corrected chi connectivity index (χ0v) is 15.1. The first kappa shape index (κ1) is 15.4. The molecule has 0 saturated heterocycles. The minimum absolute atomic E-state index is 0.530. The molecule has 0 spiro atoms. The lowest BCUT2D eigenvalue weighted by Gasteiger charge is -2.06. The molecular formula is C18H13BrClN3O. The van der Waals surface area contributed by atoms with Crippen molar-refractivity contribution in [1.82, 2.24) is 15.0 Å². The summed E-state index contributed by atoms with van der Waals surface area (Å²) in [7, 11) is 0. The van der Waals surface area contributed by atoms with Gasteiger partial charge in [0.2, 0.25) is 5.88 Å². The molecule has 0 fully saturated rings. The maximum Gasteiger partial charge on any atom is 0.240 e. The van der Waals surface area contributed by atoms with Crippen LogP contribution in [0, 0.1) is 0 Å². The molecule has 2 aromatic heterocycles. The van der Waals surface area contributed by atoms with Gasteiger partial charge in [0.1, 0.15) is 16.9 Å². The number of hydrogen-bond donors (Lipinski definition) is 1. The molecule has 2 aromatic carbocycles. The predicted octanol–water partition coefficient (Wildman–Crippen LogP) is 5.59. The maximum absolute atomic E-state index is 6.31. The summed E-state index contributed by atoms with van der Waals surface area (Å²) in [6, 6.07) is 13.6. The largest absolute Gasteiger partial charge is 0.476 e. The van der Waals surface area contributed by atoms with E-state index < -0.39 is 0 Å². The number of nitrogens with one attached hydrogen (secondary N) is 1. The van der Waals surface area contributed by atoms with Crippen LogP contribution in [-0.2, 0) is 0 Å². The minimum Gasteiger partial charge on any atom is -0.476 e. The molecule has 2 heterocycles. The third-order valence-corrected chi connectivity index (χ3v) is 4.59. The lowest BCUT2D eigenvalue weighted by Crippen LogP contribution is -1.96. The standard InChI is InChI=1S/C18H13BrClN3O/c1-2-24-18-16-15(12-8-7-10(19)9-14(12)21-18)22-17(23-16)11-5-3-4-6-13(11)20/h3-9H,2H2,1H3,(H,22,23). The molecule has 4 nitrogen and oxygen atoms in total. The summed E-state index contributed by atoms with van der Waals surface area (Å²) in [5.41, 5.74) is 3.29. The first-order chi connectivity index (χ1) is 11.7. The average molecular weight is 403 g/mol. The van der Waals surface area contributed by atoms with Crippen molar-refractivity contribution < 1.29 is 4.74 Å². The number of halogens is 2. The van der Waals surface area contributed by atoms with Gasteiger partial charge in [0, 0.05) is 15.4 Å². The number of nitrogens with zero attached hydrogens (tertiary/aromatic N) is 2. The maximum atomic E-state index is 6.31. The van der Waals surface area contributed by atoms with Crippen molar-refractivity contribution in [1.29, 1.82) is 0 Å². The molecule has 0 saturated carbocycles. The third-order valence-electron chi connectivity index (χ3n) is 3.76. The fourth-order valence-electron chi connectivity index (χ4n) is 2.71. The molecule has 0 aliphatic carbocycles. The van der Waals surface area contributed by atoms with Crippen LogP contribution in [0.3, 0.4) is 0 Å². The van der Waals surface area contributed by atoms with Crippen LogP contribution in [0.15, 0.2) is 46.9 Å². The van der Waals surface area contributed by atoms with Crippen molar-refractivity contribution in [2.24, 2.45) is 0 Å². The van der Waals surface area contributed by atoms with Crippen LogP contribution < -0.4 is 4.74 Å². The summed E-state index contributed by atoms with van der Waals surface area (Å²) < 4.78 is 6.68. The highest BCUT2D eigenvalue weighted by molar-refractivity contribution is 9.10. The van der Waals surface area contributed by atoms with Gasteiger partial charge in [0.25, 0.3) is 0 Å². The van der Waals surface area contributed by atoms with Gasteiger partial charge in [-0.25, -0.2) is 9.97 Å². The van der Waals surface area contributed by atoms with Gasteiger partial charge >= 0.3 is 0 Å². The molecule has 6 heteroatoms. The number of rotatable bonds is 3. The van der Waals surface area contributed by atoms with Crippen molar-refractivity contribution in [3.63, 3.8) is 0 Å². The Morgan fingerprint density at radius 3 is 2.79 bits per heavy atom. The molecule has 0 bridgehead atoms. The van der Waals surface area contributed by atoms with E-state index in [-0.39, 0.29) is 0 Å². The predicted molar refractivity (Wildman–Crippen MR) is 101 cm³/mol. The Morgan fingerprint density at radius 2 is 2.00 bits per heavy atom. The number of hydrogen-bond acceptors (Lipinski definition) is 3. The number of imidazole rings is 1. The highest BCUT2D eigenvalue weighted by Gasteiger charge is 2.16. The normalized spacial score (nSPS) is 11.3. The molecular weight excluding hydrogens is 390 g/mol. The van der Waals surface area contributed by atoms with Gasteiger partial charge in [-0.05, 0) is 37.3 Å². The van der Waals surface area contributed by atoms with Crippen LogP contribution in [0.4, 0.5) is 0 Å². The second kappa shape index (κ2) is 6.07. The van der Waals surface area contributed by atoms with Gasteiger partial charge in [-0.15, -0.1) is 0 Å².